The van der Waals surface area contributed by atoms with E-state index >= 15 is 0 Å². The smallest absolute Gasteiger partial charge is 0.338 e. The Morgan fingerprint density at radius 1 is 0.878 bits per heavy atom. The van der Waals surface area contributed by atoms with Crippen LogP contribution in [-0.4, -0.2) is 48.0 Å². The number of nitrogens with one attached hydrogen (secondary N) is 1. The highest BCUT2D eigenvalue weighted by Crippen LogP contribution is 2.40. The van der Waals surface area contributed by atoms with Crippen LogP contribution in [0, 0.1) is 0 Å². The molecule has 0 bridgehead atoms. The molecule has 2 N–H and O–H groups in total. The average Bonchev–Trinajstić information content (AvgIpc) is 2.98. The zero-order valence-corrected chi connectivity index (χ0v) is 24.5. The molecule has 0 aliphatic carbocycles. The zero-order chi connectivity index (χ0) is 29.5. The van der Waals surface area contributed by atoms with E-state index in [1.54, 1.807) is 30.3 Å². The van der Waals surface area contributed by atoms with Gasteiger partial charge in [-0.25, -0.2) is 9.59 Å². The van der Waals surface area contributed by atoms with Gasteiger partial charge in [-0.3, -0.25) is 14.3 Å². The Morgan fingerprint density at radius 2 is 1.41 bits per heavy atom. The lowest BCUT2D eigenvalue weighted by Gasteiger charge is -2.46. The number of carbonyl (C=O) groups is 1. The van der Waals surface area contributed by atoms with Gasteiger partial charge in [-0.1, -0.05) is 110 Å². The molecule has 4 rings (SSSR count). The van der Waals surface area contributed by atoms with Crippen molar-refractivity contribution >= 4 is 24.4 Å². The number of aromatic amines is 1. The van der Waals surface area contributed by atoms with E-state index < -0.39 is 37.6 Å². The van der Waals surface area contributed by atoms with E-state index in [1.165, 1.54) is 27.2 Å². The van der Waals surface area contributed by atoms with Gasteiger partial charge >= 0.3 is 11.7 Å². The molecule has 41 heavy (non-hydrogen) atoms. The average molecular weight is 573 g/mol. The van der Waals surface area contributed by atoms with Gasteiger partial charge in [-0.2, -0.15) is 0 Å². The highest BCUT2D eigenvalue weighted by atomic mass is 28.3. The lowest BCUT2D eigenvalue weighted by atomic mass is 10.2. The fourth-order valence-electron chi connectivity index (χ4n) is 5.38. The minimum absolute atomic E-state index is 0.198. The first-order valence-corrected chi connectivity index (χ1v) is 15.8. The number of carbonyl (C=O) groups excluding carboxylic acids is 1. The topological polar surface area (TPSA) is 111 Å². The molecule has 0 aliphatic heterocycles. The van der Waals surface area contributed by atoms with Gasteiger partial charge in [0.1, 0.15) is 14.7 Å². The van der Waals surface area contributed by atoms with Crippen molar-refractivity contribution in [1.29, 1.82) is 0 Å². The van der Waals surface area contributed by atoms with Crippen molar-refractivity contribution in [3.8, 4) is 0 Å². The maximum absolute atomic E-state index is 12.8. The molecule has 4 aromatic rings. The summed E-state index contributed by atoms with van der Waals surface area (Å²) in [4.78, 5) is 39.5. The molecule has 1 heterocycles. The molecular formula is C32H36N2O6Si. The predicted octanol–water partition coefficient (Wildman–Crippen LogP) is 3.33. The van der Waals surface area contributed by atoms with Gasteiger partial charge < -0.3 is 14.6 Å². The van der Waals surface area contributed by atoms with Crippen LogP contribution in [0.25, 0.3) is 0 Å². The third-order valence-corrected chi connectivity index (χ3v) is 13.7. The lowest BCUT2D eigenvalue weighted by Crippen LogP contribution is -2.65. The Morgan fingerprint density at radius 3 is 1.90 bits per heavy atom. The van der Waals surface area contributed by atoms with E-state index in [2.05, 4.69) is 50.0 Å². The molecule has 0 spiro atoms. The van der Waals surface area contributed by atoms with Crippen molar-refractivity contribution in [2.75, 3.05) is 13.2 Å². The predicted molar refractivity (Wildman–Crippen MR) is 161 cm³/mol. The van der Waals surface area contributed by atoms with Crippen LogP contribution in [0.4, 0.5) is 0 Å². The second-order valence-electron chi connectivity index (χ2n) is 11.0. The Labute approximate surface area is 240 Å². The van der Waals surface area contributed by atoms with Crippen LogP contribution in [0.5, 0.6) is 0 Å². The minimum Gasteiger partial charge on any atom is -0.457 e. The zero-order valence-electron chi connectivity index (χ0n) is 23.5. The van der Waals surface area contributed by atoms with Crippen LogP contribution in [0.2, 0.25) is 11.1 Å². The molecule has 0 saturated heterocycles. The van der Waals surface area contributed by atoms with E-state index in [0.29, 0.717) is 11.6 Å². The lowest BCUT2D eigenvalue weighted by molar-refractivity contribution is -0.0949. The largest absolute Gasteiger partial charge is 0.457 e. The first kappa shape index (κ1) is 29.9. The monoisotopic (exact) mass is 572 g/mol. The van der Waals surface area contributed by atoms with E-state index in [0.717, 1.165) is 0 Å². The van der Waals surface area contributed by atoms with Crippen LogP contribution >= 0.6 is 0 Å². The van der Waals surface area contributed by atoms with Gasteiger partial charge in [0.2, 0.25) is 0 Å². The van der Waals surface area contributed by atoms with Gasteiger partial charge in [0.25, 0.3) is 5.56 Å². The van der Waals surface area contributed by atoms with Crippen molar-refractivity contribution in [2.45, 2.75) is 44.2 Å². The van der Waals surface area contributed by atoms with E-state index in [4.69, 9.17) is 9.47 Å². The number of rotatable bonds is 11. The molecule has 2 unspecified atom stereocenters. The Bertz CT molecular complexity index is 1490. The fourth-order valence-corrected chi connectivity index (χ4v) is 11.0. The summed E-state index contributed by atoms with van der Waals surface area (Å²) in [5.74, 6) is -0.579. The summed E-state index contributed by atoms with van der Waals surface area (Å²) < 4.78 is 13.2. The van der Waals surface area contributed by atoms with Gasteiger partial charge in [0.05, 0.1) is 18.3 Å². The highest BCUT2D eigenvalue weighted by molar-refractivity contribution is 7.04. The minimum atomic E-state index is -2.66. The summed E-state index contributed by atoms with van der Waals surface area (Å²) in [6, 6.07) is 30.8. The number of esters is 1. The standard InChI is InChI=1S/C32H36N2O6Si/c1-32(2,3)41(26-15-9-5-10-16-26,27-17-11-6-12-18-27)23-25(21-35)40-29(34-20-19-28(36)33-31(34)38)22-39-30(37)24-13-7-4-8-14-24/h4-20,25,29,35H,21-23H2,1-3H3,(H,33,36,38). The second-order valence-corrected chi connectivity index (χ2v) is 15.8. The van der Waals surface area contributed by atoms with Crippen molar-refractivity contribution in [3.05, 3.63) is 130 Å². The maximum Gasteiger partial charge on any atom is 0.338 e. The Hall–Kier alpha value is -4.05. The van der Waals surface area contributed by atoms with Gasteiger partial charge in [-0.05, 0) is 23.2 Å². The number of aromatic nitrogens is 2. The van der Waals surface area contributed by atoms with Gasteiger partial charge in [0.15, 0.2) is 6.23 Å². The quantitative estimate of drug-likeness (QED) is 0.211. The van der Waals surface area contributed by atoms with Crippen molar-refractivity contribution in [3.63, 3.8) is 0 Å². The molecule has 8 nitrogen and oxygen atoms in total. The molecule has 3 aromatic carbocycles. The maximum atomic E-state index is 12.8. The molecule has 214 valence electrons. The number of benzene rings is 3. The normalized spacial score (nSPS) is 13.4. The summed E-state index contributed by atoms with van der Waals surface area (Å²) in [5.41, 5.74) is -0.913. The van der Waals surface area contributed by atoms with E-state index in [1.807, 2.05) is 36.4 Å². The van der Waals surface area contributed by atoms with Crippen LogP contribution in [0.3, 0.4) is 0 Å². The van der Waals surface area contributed by atoms with Crippen LogP contribution in [0.15, 0.2) is 113 Å². The van der Waals surface area contributed by atoms with Gasteiger partial charge in [0, 0.05) is 12.3 Å². The fraction of sp³-hybridized carbons (Fsp3) is 0.281. The third-order valence-electron chi connectivity index (χ3n) is 7.43. The SMILES string of the molecule is CC(C)(C)[Si](CC(CO)OC(COC(=O)c1ccccc1)n1ccc(=O)[nH]c1=O)(c1ccccc1)c1ccccc1. The van der Waals surface area contributed by atoms with Crippen molar-refractivity contribution in [1.82, 2.24) is 9.55 Å². The number of hydrogen-bond donors (Lipinski definition) is 2. The molecule has 2 atom stereocenters. The third kappa shape index (κ3) is 6.82. The number of ether oxygens (including phenoxy) is 2. The summed E-state index contributed by atoms with van der Waals surface area (Å²) in [6.45, 7) is 5.99. The Balaban J connectivity index is 1.72. The summed E-state index contributed by atoms with van der Waals surface area (Å²) in [6.07, 6.45) is -0.512. The number of nitrogens with zero attached hydrogens (tertiary/aromatic N) is 1. The summed E-state index contributed by atoms with van der Waals surface area (Å²) in [7, 11) is -2.66. The molecule has 0 amide bonds. The number of hydrogen-bond acceptors (Lipinski definition) is 6. The van der Waals surface area contributed by atoms with Crippen molar-refractivity contribution < 1.29 is 19.4 Å². The van der Waals surface area contributed by atoms with Crippen LogP contribution in [0.1, 0.15) is 37.4 Å². The number of H-pyrrole nitrogens is 1. The number of aliphatic hydroxyl groups is 1. The molecular weight excluding hydrogens is 536 g/mol. The first-order valence-electron chi connectivity index (χ1n) is 13.6. The second kappa shape index (κ2) is 13.1. The number of aliphatic hydroxyl groups excluding tert-OH is 1. The van der Waals surface area contributed by atoms with E-state index in [9.17, 15) is 19.5 Å². The Kier molecular flexibility index (Phi) is 9.54. The first-order chi connectivity index (χ1) is 19.7. The molecule has 9 heteroatoms. The van der Waals surface area contributed by atoms with Gasteiger partial charge in [-0.15, -0.1) is 0 Å². The van der Waals surface area contributed by atoms with Crippen LogP contribution < -0.4 is 21.6 Å². The van der Waals surface area contributed by atoms with Crippen molar-refractivity contribution in [2.24, 2.45) is 0 Å². The molecule has 1 aromatic heterocycles. The summed E-state index contributed by atoms with van der Waals surface area (Å²) in [5, 5.41) is 12.8. The molecule has 0 fully saturated rings. The molecule has 0 aliphatic rings. The summed E-state index contributed by atoms with van der Waals surface area (Å²) >= 11 is 0. The highest BCUT2D eigenvalue weighted by Gasteiger charge is 2.49. The van der Waals surface area contributed by atoms with Crippen LogP contribution in [-0.2, 0) is 9.47 Å². The molecule has 0 radical (unpaired) electrons. The van der Waals surface area contributed by atoms with E-state index in [-0.39, 0.29) is 18.3 Å². The molecule has 0 saturated carbocycles.